The van der Waals surface area contributed by atoms with Crippen molar-refractivity contribution in [1.29, 1.82) is 0 Å². The topological polar surface area (TPSA) is 96.6 Å². The number of carbonyl (C=O) groups is 3. The zero-order chi connectivity index (χ0) is 19.4. The highest BCUT2D eigenvalue weighted by molar-refractivity contribution is 6.03. The number of carboxylic acid groups (broad SMARTS) is 1. The van der Waals surface area contributed by atoms with Gasteiger partial charge in [-0.05, 0) is 31.7 Å². The normalized spacial score (nSPS) is 14.5. The van der Waals surface area contributed by atoms with Crippen molar-refractivity contribution in [3.05, 3.63) is 58.5 Å². The van der Waals surface area contributed by atoms with Crippen LogP contribution in [-0.2, 0) is 17.6 Å². The molecule has 2 aromatic rings. The molecule has 1 aliphatic rings. The van der Waals surface area contributed by atoms with Crippen LogP contribution in [0.3, 0.4) is 0 Å². The highest BCUT2D eigenvalue weighted by Crippen LogP contribution is 2.29. The molecule has 1 aromatic carbocycles. The second-order valence-electron chi connectivity index (χ2n) is 6.92. The summed E-state index contributed by atoms with van der Waals surface area (Å²) >= 11 is 0. The number of Topliss-reactive ketones (excluding diaryl/α,β-unsaturated/α-hetero) is 1. The molecule has 0 spiro atoms. The summed E-state index contributed by atoms with van der Waals surface area (Å²) in [6, 6.07) is 9.25. The number of hydrogen-bond donors (Lipinski definition) is 2. The Morgan fingerprint density at radius 2 is 1.96 bits per heavy atom. The summed E-state index contributed by atoms with van der Waals surface area (Å²) in [7, 11) is 0. The van der Waals surface area contributed by atoms with Gasteiger partial charge in [0.25, 0.3) is 5.91 Å². The molecule has 27 heavy (non-hydrogen) atoms. The van der Waals surface area contributed by atoms with Crippen LogP contribution < -0.4 is 5.32 Å². The smallest absolute Gasteiger partial charge is 0.303 e. The quantitative estimate of drug-likeness (QED) is 0.780. The van der Waals surface area contributed by atoms with Crippen LogP contribution in [0.25, 0.3) is 0 Å². The van der Waals surface area contributed by atoms with Crippen LogP contribution in [0.15, 0.2) is 34.7 Å². The number of carbonyl (C=O) groups excluding carboxylic acids is 2. The Hall–Kier alpha value is -2.89. The maximum Gasteiger partial charge on any atom is 0.303 e. The molecule has 3 rings (SSSR count). The lowest BCUT2D eigenvalue weighted by molar-refractivity contribution is -0.137. The number of benzene rings is 1. The predicted molar refractivity (Wildman–Crippen MR) is 99.0 cm³/mol. The van der Waals surface area contributed by atoms with Gasteiger partial charge in [-0.25, -0.2) is 0 Å². The average Bonchev–Trinajstić information content (AvgIpc) is 2.98. The monoisotopic (exact) mass is 369 g/mol. The van der Waals surface area contributed by atoms with E-state index in [1.807, 2.05) is 30.3 Å². The highest BCUT2D eigenvalue weighted by atomic mass is 16.4. The van der Waals surface area contributed by atoms with Crippen molar-refractivity contribution >= 4 is 17.7 Å². The van der Waals surface area contributed by atoms with Crippen LogP contribution in [-0.4, -0.2) is 28.8 Å². The third-order valence-electron chi connectivity index (χ3n) is 4.88. The number of fused-ring (bicyclic) bond motifs is 1. The second kappa shape index (κ2) is 8.20. The maximum atomic E-state index is 12.8. The maximum absolute atomic E-state index is 12.8. The number of furan rings is 1. The van der Waals surface area contributed by atoms with Crippen LogP contribution >= 0.6 is 0 Å². The first kappa shape index (κ1) is 18.9. The molecule has 6 heteroatoms. The number of aryl methyl sites for hydroxylation is 1. The minimum atomic E-state index is -0.905. The summed E-state index contributed by atoms with van der Waals surface area (Å²) in [4.78, 5) is 35.9. The molecule has 1 aromatic heterocycles. The van der Waals surface area contributed by atoms with E-state index in [4.69, 9.17) is 9.52 Å². The van der Waals surface area contributed by atoms with E-state index in [1.54, 1.807) is 6.92 Å². The lowest BCUT2D eigenvalue weighted by Gasteiger charge is -2.18. The molecule has 1 atom stereocenters. The van der Waals surface area contributed by atoms with Gasteiger partial charge in [-0.3, -0.25) is 14.4 Å². The Balaban J connectivity index is 1.77. The van der Waals surface area contributed by atoms with Gasteiger partial charge in [0.2, 0.25) is 0 Å². The van der Waals surface area contributed by atoms with Gasteiger partial charge in [0.1, 0.15) is 5.76 Å². The fraction of sp³-hybridized carbons (Fsp3) is 0.381. The van der Waals surface area contributed by atoms with E-state index in [2.05, 4.69) is 5.32 Å². The van der Waals surface area contributed by atoms with Gasteiger partial charge in [-0.15, -0.1) is 0 Å². The van der Waals surface area contributed by atoms with Crippen LogP contribution in [0.1, 0.15) is 63.5 Å². The highest BCUT2D eigenvalue weighted by Gasteiger charge is 2.29. The first-order chi connectivity index (χ1) is 13.0. The van der Waals surface area contributed by atoms with Crippen molar-refractivity contribution in [2.75, 3.05) is 0 Å². The molecule has 0 radical (unpaired) electrons. The Labute approximate surface area is 157 Å². The minimum absolute atomic E-state index is 0.0169. The molecular formula is C21H23NO5. The standard InChI is InChI=1S/C21H23NO5/c1-13-19-16(23)8-5-9-17(19)27-20(13)21(26)22-15(10-11-18(24)25)12-14-6-3-2-4-7-14/h2-4,6-7,15H,5,8-12H2,1H3,(H,22,26)(H,24,25). The number of carboxylic acids is 1. The van der Waals surface area contributed by atoms with Crippen molar-refractivity contribution in [2.45, 2.75) is 51.5 Å². The SMILES string of the molecule is Cc1c(C(=O)NC(CCC(=O)O)Cc2ccccc2)oc2c1C(=O)CCC2. The molecule has 6 nitrogen and oxygen atoms in total. The third-order valence-corrected chi connectivity index (χ3v) is 4.88. The molecule has 0 bridgehead atoms. The summed E-state index contributed by atoms with van der Waals surface area (Å²) in [5.41, 5.74) is 2.12. The molecule has 1 heterocycles. The van der Waals surface area contributed by atoms with E-state index in [-0.39, 0.29) is 24.0 Å². The van der Waals surface area contributed by atoms with Crippen molar-refractivity contribution in [2.24, 2.45) is 0 Å². The van der Waals surface area contributed by atoms with E-state index in [9.17, 15) is 14.4 Å². The number of amides is 1. The molecule has 1 aliphatic carbocycles. The van der Waals surface area contributed by atoms with Crippen LogP contribution in [0.2, 0.25) is 0 Å². The van der Waals surface area contributed by atoms with Gasteiger partial charge in [-0.2, -0.15) is 0 Å². The molecule has 0 aliphatic heterocycles. The second-order valence-corrected chi connectivity index (χ2v) is 6.92. The third kappa shape index (κ3) is 4.45. The number of nitrogens with one attached hydrogen (secondary N) is 1. The molecule has 2 N–H and O–H groups in total. The zero-order valence-corrected chi connectivity index (χ0v) is 15.3. The summed E-state index contributed by atoms with van der Waals surface area (Å²) < 4.78 is 5.70. The summed E-state index contributed by atoms with van der Waals surface area (Å²) in [5, 5.41) is 11.9. The van der Waals surface area contributed by atoms with Gasteiger partial charge >= 0.3 is 5.97 Å². The fourth-order valence-electron chi connectivity index (χ4n) is 3.54. The molecular weight excluding hydrogens is 346 g/mol. The minimum Gasteiger partial charge on any atom is -0.481 e. The van der Waals surface area contributed by atoms with Gasteiger partial charge in [0.05, 0.1) is 5.56 Å². The summed E-state index contributed by atoms with van der Waals surface area (Å²) in [5.74, 6) is -0.551. The fourth-order valence-corrected chi connectivity index (χ4v) is 3.54. The number of ketones is 1. The van der Waals surface area contributed by atoms with Crippen LogP contribution in [0.4, 0.5) is 0 Å². The van der Waals surface area contributed by atoms with Crippen molar-refractivity contribution in [3.63, 3.8) is 0 Å². The predicted octanol–water partition coefficient (Wildman–Crippen LogP) is 3.31. The zero-order valence-electron chi connectivity index (χ0n) is 15.3. The van der Waals surface area contributed by atoms with E-state index in [0.717, 1.165) is 12.0 Å². The van der Waals surface area contributed by atoms with E-state index < -0.39 is 11.9 Å². The summed E-state index contributed by atoms with van der Waals surface area (Å²) in [6.07, 6.45) is 2.66. The van der Waals surface area contributed by atoms with Gasteiger partial charge in [0.15, 0.2) is 11.5 Å². The number of aliphatic carboxylic acids is 1. The van der Waals surface area contributed by atoms with Crippen LogP contribution in [0.5, 0.6) is 0 Å². The van der Waals surface area contributed by atoms with Crippen molar-refractivity contribution in [1.82, 2.24) is 5.32 Å². The average molecular weight is 369 g/mol. The Kier molecular flexibility index (Phi) is 5.74. The summed E-state index contributed by atoms with van der Waals surface area (Å²) in [6.45, 7) is 1.73. The Bertz CT molecular complexity index is 853. The first-order valence-corrected chi connectivity index (χ1v) is 9.17. The van der Waals surface area contributed by atoms with Gasteiger partial charge < -0.3 is 14.8 Å². The molecule has 0 fully saturated rings. The lowest BCUT2D eigenvalue weighted by Crippen LogP contribution is -2.37. The Morgan fingerprint density at radius 1 is 1.22 bits per heavy atom. The molecule has 1 amide bonds. The molecule has 0 saturated carbocycles. The van der Waals surface area contributed by atoms with E-state index in [1.165, 1.54) is 0 Å². The first-order valence-electron chi connectivity index (χ1n) is 9.17. The lowest BCUT2D eigenvalue weighted by atomic mass is 9.94. The van der Waals surface area contributed by atoms with Crippen LogP contribution in [0, 0.1) is 6.92 Å². The molecule has 1 unspecified atom stereocenters. The Morgan fingerprint density at radius 3 is 2.63 bits per heavy atom. The van der Waals surface area contributed by atoms with E-state index >= 15 is 0 Å². The molecule has 142 valence electrons. The molecule has 0 saturated heterocycles. The largest absolute Gasteiger partial charge is 0.481 e. The number of hydrogen-bond acceptors (Lipinski definition) is 4. The van der Waals surface area contributed by atoms with E-state index in [0.29, 0.717) is 42.6 Å². The number of rotatable bonds is 7. The van der Waals surface area contributed by atoms with Gasteiger partial charge in [-0.1, -0.05) is 30.3 Å². The van der Waals surface area contributed by atoms with Crippen molar-refractivity contribution in [3.8, 4) is 0 Å². The van der Waals surface area contributed by atoms with Crippen molar-refractivity contribution < 1.29 is 23.9 Å². The van der Waals surface area contributed by atoms with Gasteiger partial charge in [0, 0.05) is 30.9 Å².